The van der Waals surface area contributed by atoms with Crippen molar-refractivity contribution in [1.82, 2.24) is 0 Å². The van der Waals surface area contributed by atoms with E-state index in [-0.39, 0.29) is 48.9 Å². The van der Waals surface area contributed by atoms with Crippen molar-refractivity contribution in [3.05, 3.63) is 0 Å². The van der Waals surface area contributed by atoms with Crippen LogP contribution in [0.4, 0.5) is 0 Å². The van der Waals surface area contributed by atoms with Crippen molar-refractivity contribution >= 4 is 23.9 Å². The van der Waals surface area contributed by atoms with Gasteiger partial charge in [-0.2, -0.15) is 0 Å². The van der Waals surface area contributed by atoms with E-state index in [2.05, 4.69) is 28.1 Å². The fourth-order valence-corrected chi connectivity index (χ4v) is 3.21. The Morgan fingerprint density at radius 2 is 1.19 bits per heavy atom. The van der Waals surface area contributed by atoms with Gasteiger partial charge in [0.2, 0.25) is 0 Å². The third-order valence-corrected chi connectivity index (χ3v) is 5.63. The lowest BCUT2D eigenvalue weighted by Crippen LogP contribution is -2.21. The zero-order valence-corrected chi connectivity index (χ0v) is 24.1. The Bertz CT molecular complexity index is 560. The Hall–Kier alpha value is -2.20. The molecule has 0 aromatic carbocycles. The van der Waals surface area contributed by atoms with Gasteiger partial charge in [-0.05, 0) is 44.9 Å². The lowest BCUT2D eigenvalue weighted by molar-refractivity contribution is -0.147. The number of aliphatic hydroxyl groups excluding tert-OH is 2. The first kappa shape index (κ1) is 39.3. The van der Waals surface area contributed by atoms with Gasteiger partial charge in [0.25, 0.3) is 0 Å². The van der Waals surface area contributed by atoms with Crippen molar-refractivity contribution in [3.8, 4) is 0 Å². The molecule has 0 aromatic rings. The average Bonchev–Trinajstić information content (AvgIpc) is 2.90. The second-order valence-electron chi connectivity index (χ2n) is 8.71. The third kappa shape index (κ3) is 28.2. The largest absolute Gasteiger partial charge is 0.469 e. The number of ether oxygens (including phenoxy) is 4. The highest BCUT2D eigenvalue weighted by Crippen LogP contribution is 2.25. The maximum atomic E-state index is 11.8. The number of carbonyl (C=O) groups excluding carboxylic acids is 4. The Balaban J connectivity index is -0.000000544. The summed E-state index contributed by atoms with van der Waals surface area (Å²) >= 11 is 0. The minimum Gasteiger partial charge on any atom is -0.469 e. The van der Waals surface area contributed by atoms with E-state index in [1.54, 1.807) is 6.92 Å². The predicted molar refractivity (Wildman–Crippen MR) is 141 cm³/mol. The Kier molecular flexibility index (Phi) is 30.1. The van der Waals surface area contributed by atoms with Gasteiger partial charge in [-0.15, -0.1) is 0 Å². The van der Waals surface area contributed by atoms with Crippen LogP contribution in [0.15, 0.2) is 0 Å². The molecule has 10 nitrogen and oxygen atoms in total. The van der Waals surface area contributed by atoms with Gasteiger partial charge in [-0.1, -0.05) is 39.5 Å². The Labute approximate surface area is 223 Å². The summed E-state index contributed by atoms with van der Waals surface area (Å²) in [4.78, 5) is 44.1. The normalized spacial score (nSPS) is 12.4. The number of hydrogen-bond donors (Lipinski definition) is 2. The van der Waals surface area contributed by atoms with E-state index in [9.17, 15) is 19.2 Å². The van der Waals surface area contributed by atoms with E-state index < -0.39 is 0 Å². The maximum absolute atomic E-state index is 11.8. The van der Waals surface area contributed by atoms with Crippen LogP contribution in [0.5, 0.6) is 0 Å². The molecule has 220 valence electrons. The molecule has 37 heavy (non-hydrogen) atoms. The molecule has 0 fully saturated rings. The monoisotopic (exact) mass is 536 g/mol. The molecule has 0 aliphatic carbocycles. The van der Waals surface area contributed by atoms with Crippen molar-refractivity contribution < 1.29 is 48.3 Å². The summed E-state index contributed by atoms with van der Waals surface area (Å²) < 4.78 is 18.3. The number of hydrogen-bond acceptors (Lipinski definition) is 10. The molecule has 0 aromatic heterocycles. The third-order valence-electron chi connectivity index (χ3n) is 5.63. The van der Waals surface area contributed by atoms with Crippen LogP contribution in [0.3, 0.4) is 0 Å². The molecule has 0 spiro atoms. The van der Waals surface area contributed by atoms with Crippen molar-refractivity contribution in [2.75, 3.05) is 35.0 Å². The maximum Gasteiger partial charge on any atom is 0.308 e. The number of carbonyl (C=O) groups is 4. The van der Waals surface area contributed by atoms with Gasteiger partial charge >= 0.3 is 23.9 Å². The second kappa shape index (κ2) is 28.4. The van der Waals surface area contributed by atoms with Gasteiger partial charge in [0.1, 0.15) is 0 Å². The molecule has 0 bridgehead atoms. The summed E-state index contributed by atoms with van der Waals surface area (Å²) in [5.74, 6) is -0.610. The quantitative estimate of drug-likeness (QED) is 0.159. The molecule has 10 heteroatoms. The molecule has 3 unspecified atom stereocenters. The Morgan fingerprint density at radius 3 is 1.51 bits per heavy atom. The topological polar surface area (TPSA) is 146 Å². The minimum absolute atomic E-state index is 0.0810. The van der Waals surface area contributed by atoms with Gasteiger partial charge in [0, 0.05) is 25.9 Å². The molecular weight excluding hydrogens is 484 g/mol. The lowest BCUT2D eigenvalue weighted by Gasteiger charge is -2.20. The fraction of sp³-hybridized carbons (Fsp3) is 0.852. The van der Waals surface area contributed by atoms with Gasteiger partial charge in [-0.3, -0.25) is 19.2 Å². The number of methoxy groups -OCH3 is 4. The highest BCUT2D eigenvalue weighted by atomic mass is 16.5. The second-order valence-corrected chi connectivity index (χ2v) is 8.71. The summed E-state index contributed by atoms with van der Waals surface area (Å²) in [6.45, 7) is 6.05. The summed E-state index contributed by atoms with van der Waals surface area (Å²) in [6, 6.07) is 0. The van der Waals surface area contributed by atoms with Crippen molar-refractivity contribution in [3.63, 3.8) is 0 Å². The zero-order chi connectivity index (χ0) is 29.1. The number of aliphatic hydroxyl groups is 2. The standard InChI is InChI=1S/C15H28O4.C8H14O4.C4H10O2/c1-5-7-8-12(6-2)11-13(15(17)19-4)9-10-14(16)18-3;1-11-7(9)5-3-4-6-8(10)12-2;1-4(6)2-3-5/h12-13H,5-11H2,1-4H3;3-6H2,1-2H3;4-6H,2-3H2,1H3. The highest BCUT2D eigenvalue weighted by Gasteiger charge is 2.23. The van der Waals surface area contributed by atoms with Crippen LogP contribution in [0.1, 0.15) is 97.8 Å². The van der Waals surface area contributed by atoms with E-state index in [4.69, 9.17) is 14.9 Å². The van der Waals surface area contributed by atoms with Crippen molar-refractivity contribution in [2.24, 2.45) is 11.8 Å². The van der Waals surface area contributed by atoms with Gasteiger partial charge < -0.3 is 29.2 Å². The smallest absolute Gasteiger partial charge is 0.308 e. The minimum atomic E-state index is -0.352. The molecule has 0 saturated heterocycles. The molecule has 0 heterocycles. The van der Waals surface area contributed by atoms with E-state index >= 15 is 0 Å². The van der Waals surface area contributed by atoms with Crippen LogP contribution < -0.4 is 0 Å². The molecule has 0 amide bonds. The van der Waals surface area contributed by atoms with Crippen LogP contribution >= 0.6 is 0 Å². The highest BCUT2D eigenvalue weighted by molar-refractivity contribution is 5.74. The van der Waals surface area contributed by atoms with E-state index in [0.29, 0.717) is 44.4 Å². The first-order valence-corrected chi connectivity index (χ1v) is 13.1. The summed E-state index contributed by atoms with van der Waals surface area (Å²) in [6.07, 6.45) is 8.36. The lowest BCUT2D eigenvalue weighted by atomic mass is 9.86. The summed E-state index contributed by atoms with van der Waals surface area (Å²) in [7, 11) is 5.47. The van der Waals surface area contributed by atoms with Crippen LogP contribution in [-0.2, 0) is 38.1 Å². The van der Waals surface area contributed by atoms with Crippen LogP contribution in [0, 0.1) is 11.8 Å². The van der Waals surface area contributed by atoms with Crippen LogP contribution in [0.25, 0.3) is 0 Å². The number of unbranched alkanes of at least 4 members (excludes halogenated alkanes) is 2. The van der Waals surface area contributed by atoms with Crippen molar-refractivity contribution in [1.29, 1.82) is 0 Å². The van der Waals surface area contributed by atoms with Crippen LogP contribution in [0.2, 0.25) is 0 Å². The molecule has 2 N–H and O–H groups in total. The first-order chi connectivity index (χ1) is 17.6. The average molecular weight is 537 g/mol. The molecular formula is C27H52O10. The summed E-state index contributed by atoms with van der Waals surface area (Å²) in [5.41, 5.74) is 0. The molecule has 0 saturated carbocycles. The van der Waals surface area contributed by atoms with Gasteiger partial charge in [-0.25, -0.2) is 0 Å². The zero-order valence-electron chi connectivity index (χ0n) is 24.1. The Morgan fingerprint density at radius 1 is 0.703 bits per heavy atom. The van der Waals surface area contributed by atoms with E-state index in [0.717, 1.165) is 19.3 Å². The molecule has 0 aliphatic heterocycles. The van der Waals surface area contributed by atoms with Gasteiger partial charge in [0.15, 0.2) is 0 Å². The molecule has 3 atom stereocenters. The molecule has 0 aliphatic rings. The van der Waals surface area contributed by atoms with E-state index in [1.165, 1.54) is 41.3 Å². The molecule has 0 rings (SSSR count). The number of esters is 4. The van der Waals surface area contributed by atoms with Crippen LogP contribution in [-0.4, -0.2) is 75.2 Å². The predicted octanol–water partition coefficient (Wildman–Crippen LogP) is 3.98. The SMILES string of the molecule is CC(O)CCO.CCCCC(CC)CC(CCC(=O)OC)C(=O)OC.COC(=O)CCCCC(=O)OC. The molecule has 0 radical (unpaired) electrons. The van der Waals surface area contributed by atoms with Gasteiger partial charge in [0.05, 0.1) is 40.5 Å². The summed E-state index contributed by atoms with van der Waals surface area (Å²) in [5, 5.41) is 16.5. The van der Waals surface area contributed by atoms with E-state index in [1.807, 2.05) is 0 Å². The first-order valence-electron chi connectivity index (χ1n) is 13.1. The fourth-order valence-electron chi connectivity index (χ4n) is 3.21. The number of rotatable bonds is 17. The van der Waals surface area contributed by atoms with Crippen molar-refractivity contribution in [2.45, 2.75) is 104 Å².